The van der Waals surface area contributed by atoms with Crippen molar-refractivity contribution in [1.29, 1.82) is 0 Å². The van der Waals surface area contributed by atoms with Crippen molar-refractivity contribution >= 4 is 21.9 Å². The van der Waals surface area contributed by atoms with Crippen LogP contribution in [0.5, 0.6) is 0 Å². The molecule has 4 rings (SSSR count). The third-order valence-electron chi connectivity index (χ3n) is 5.99. The second-order valence-corrected chi connectivity index (χ2v) is 9.92. The Morgan fingerprint density at radius 3 is 2.52 bits per heavy atom. The first-order valence-corrected chi connectivity index (χ1v) is 11.5. The van der Waals surface area contributed by atoms with E-state index in [9.17, 15) is 13.2 Å². The van der Waals surface area contributed by atoms with E-state index in [4.69, 9.17) is 4.74 Å². The third-order valence-corrected chi connectivity index (χ3v) is 7.30. The molecule has 0 radical (unpaired) electrons. The SMILES string of the molecule is CS(=O)(=O)N1CCC(c2cncc(N3CC4(CCCCC4)OC3=O)n2)CC1. The standard InChI is InChI=1S/C18H26N4O4S/c1-27(24,25)21-9-5-14(6-10-21)15-11-19-12-16(20-15)22-13-18(26-17(22)23)7-3-2-4-8-18/h11-12,14H,2-10,13H2,1H3. The van der Waals surface area contributed by atoms with Crippen LogP contribution in [0.1, 0.15) is 56.6 Å². The van der Waals surface area contributed by atoms with Crippen LogP contribution in [0.3, 0.4) is 0 Å². The number of sulfonamides is 1. The highest BCUT2D eigenvalue weighted by molar-refractivity contribution is 7.88. The van der Waals surface area contributed by atoms with Crippen LogP contribution in [0, 0.1) is 0 Å². The van der Waals surface area contributed by atoms with Crippen molar-refractivity contribution in [2.75, 3.05) is 30.8 Å². The van der Waals surface area contributed by atoms with Gasteiger partial charge in [-0.1, -0.05) is 6.42 Å². The summed E-state index contributed by atoms with van der Waals surface area (Å²) in [4.78, 5) is 23.0. The van der Waals surface area contributed by atoms with Gasteiger partial charge in [0, 0.05) is 25.2 Å². The summed E-state index contributed by atoms with van der Waals surface area (Å²) in [6.07, 6.45) is 10.8. The molecule has 9 heteroatoms. The van der Waals surface area contributed by atoms with Gasteiger partial charge in [0.25, 0.3) is 0 Å². The average molecular weight is 394 g/mol. The summed E-state index contributed by atoms with van der Waals surface area (Å²) in [5.41, 5.74) is 0.450. The Hall–Kier alpha value is -1.74. The van der Waals surface area contributed by atoms with Crippen LogP contribution in [-0.4, -0.2) is 60.3 Å². The van der Waals surface area contributed by atoms with Crippen LogP contribution in [-0.2, 0) is 14.8 Å². The number of nitrogens with zero attached hydrogens (tertiary/aromatic N) is 4. The summed E-state index contributed by atoms with van der Waals surface area (Å²) in [5.74, 6) is 0.684. The van der Waals surface area contributed by atoms with E-state index >= 15 is 0 Å². The molecular weight excluding hydrogens is 368 g/mol. The number of carbonyl (C=O) groups excluding carboxylic acids is 1. The van der Waals surface area contributed by atoms with Crippen molar-refractivity contribution in [2.24, 2.45) is 0 Å². The zero-order valence-corrected chi connectivity index (χ0v) is 16.4. The van der Waals surface area contributed by atoms with Crippen LogP contribution in [0.25, 0.3) is 0 Å². The van der Waals surface area contributed by atoms with Gasteiger partial charge in [0.1, 0.15) is 5.60 Å². The number of amides is 1. The first-order valence-electron chi connectivity index (χ1n) is 9.64. The second kappa shape index (κ2) is 7.01. The molecule has 8 nitrogen and oxygen atoms in total. The van der Waals surface area contributed by atoms with E-state index in [0.717, 1.165) is 31.4 Å². The molecule has 0 atom stereocenters. The summed E-state index contributed by atoms with van der Waals surface area (Å²) < 4.78 is 30.6. The molecule has 3 fully saturated rings. The van der Waals surface area contributed by atoms with Gasteiger partial charge in [-0.25, -0.2) is 22.5 Å². The topological polar surface area (TPSA) is 92.7 Å². The van der Waals surface area contributed by atoms with Gasteiger partial charge in [0.15, 0.2) is 5.82 Å². The Morgan fingerprint density at radius 2 is 1.85 bits per heavy atom. The zero-order valence-electron chi connectivity index (χ0n) is 15.6. The Bertz CT molecular complexity index is 814. The molecule has 2 saturated heterocycles. The second-order valence-electron chi connectivity index (χ2n) is 7.94. The van der Waals surface area contributed by atoms with Gasteiger partial charge in [-0.05, 0) is 38.5 Å². The minimum absolute atomic E-state index is 0.151. The van der Waals surface area contributed by atoms with Gasteiger partial charge in [-0.2, -0.15) is 0 Å². The van der Waals surface area contributed by atoms with E-state index < -0.39 is 10.0 Å². The number of anilines is 1. The molecule has 3 aliphatic rings. The first-order chi connectivity index (χ1) is 12.9. The Balaban J connectivity index is 1.48. The summed E-state index contributed by atoms with van der Waals surface area (Å²) in [7, 11) is -3.15. The third kappa shape index (κ3) is 3.80. The lowest BCUT2D eigenvalue weighted by atomic mass is 9.85. The van der Waals surface area contributed by atoms with Gasteiger partial charge < -0.3 is 4.74 Å². The average Bonchev–Trinajstić information content (AvgIpc) is 2.97. The van der Waals surface area contributed by atoms with Crippen LogP contribution >= 0.6 is 0 Å². The molecule has 0 bridgehead atoms. The molecule has 1 aromatic rings. The molecular formula is C18H26N4O4S. The van der Waals surface area contributed by atoms with Crippen molar-refractivity contribution in [1.82, 2.24) is 14.3 Å². The maximum absolute atomic E-state index is 12.5. The Labute approximate surface area is 160 Å². The van der Waals surface area contributed by atoms with Crippen LogP contribution < -0.4 is 4.90 Å². The van der Waals surface area contributed by atoms with Crippen molar-refractivity contribution in [3.8, 4) is 0 Å². The minimum Gasteiger partial charge on any atom is -0.441 e. The van der Waals surface area contributed by atoms with Crippen LogP contribution in [0.2, 0.25) is 0 Å². The van der Waals surface area contributed by atoms with Crippen molar-refractivity contribution in [2.45, 2.75) is 56.5 Å². The number of hydrogen-bond acceptors (Lipinski definition) is 6. The van der Waals surface area contributed by atoms with E-state index in [1.165, 1.54) is 17.0 Å². The highest BCUT2D eigenvalue weighted by atomic mass is 32.2. The number of piperidine rings is 1. The molecule has 1 aromatic heterocycles. The number of carbonyl (C=O) groups is 1. The fourth-order valence-electron chi connectivity index (χ4n) is 4.44. The first kappa shape index (κ1) is 18.6. The van der Waals surface area contributed by atoms with Gasteiger partial charge in [0.05, 0.1) is 24.7 Å². The van der Waals surface area contributed by atoms with E-state index in [1.54, 1.807) is 17.3 Å². The lowest BCUT2D eigenvalue weighted by Gasteiger charge is -2.30. The largest absolute Gasteiger partial charge is 0.441 e. The van der Waals surface area contributed by atoms with E-state index in [0.29, 0.717) is 38.3 Å². The fourth-order valence-corrected chi connectivity index (χ4v) is 5.31. The quantitative estimate of drug-likeness (QED) is 0.781. The molecule has 0 unspecified atom stereocenters. The summed E-state index contributed by atoms with van der Waals surface area (Å²) >= 11 is 0. The summed E-state index contributed by atoms with van der Waals surface area (Å²) in [6.45, 7) is 1.52. The van der Waals surface area contributed by atoms with Gasteiger partial charge in [-0.15, -0.1) is 0 Å². The maximum Gasteiger partial charge on any atom is 0.416 e. The zero-order chi connectivity index (χ0) is 19.1. The number of hydrogen-bond donors (Lipinski definition) is 0. The Kier molecular flexibility index (Phi) is 4.84. The predicted octanol–water partition coefficient (Wildman–Crippen LogP) is 2.28. The molecule has 1 aliphatic carbocycles. The fraction of sp³-hybridized carbons (Fsp3) is 0.722. The lowest BCUT2D eigenvalue weighted by Crippen LogP contribution is -2.37. The predicted molar refractivity (Wildman–Crippen MR) is 100 cm³/mol. The van der Waals surface area contributed by atoms with E-state index in [-0.39, 0.29) is 17.6 Å². The normalized spacial score (nSPS) is 24.3. The molecule has 27 heavy (non-hydrogen) atoms. The minimum atomic E-state index is -3.15. The van der Waals surface area contributed by atoms with E-state index in [1.807, 2.05) is 0 Å². The molecule has 148 valence electrons. The molecule has 1 saturated carbocycles. The molecule has 1 amide bonds. The van der Waals surface area contributed by atoms with Crippen LogP contribution in [0.4, 0.5) is 10.6 Å². The maximum atomic E-state index is 12.5. The van der Waals surface area contributed by atoms with Gasteiger partial charge in [0.2, 0.25) is 10.0 Å². The monoisotopic (exact) mass is 394 g/mol. The van der Waals surface area contributed by atoms with E-state index in [2.05, 4.69) is 9.97 Å². The van der Waals surface area contributed by atoms with Crippen molar-refractivity contribution in [3.05, 3.63) is 18.1 Å². The highest BCUT2D eigenvalue weighted by Gasteiger charge is 2.46. The number of aromatic nitrogens is 2. The van der Waals surface area contributed by atoms with Gasteiger partial charge >= 0.3 is 6.09 Å². The summed E-state index contributed by atoms with van der Waals surface area (Å²) in [6, 6.07) is 0. The number of ether oxygens (including phenoxy) is 1. The molecule has 1 spiro atoms. The van der Waals surface area contributed by atoms with Crippen molar-refractivity contribution in [3.63, 3.8) is 0 Å². The molecule has 3 heterocycles. The Morgan fingerprint density at radius 1 is 1.15 bits per heavy atom. The highest BCUT2D eigenvalue weighted by Crippen LogP contribution is 2.38. The van der Waals surface area contributed by atoms with Crippen molar-refractivity contribution < 1.29 is 17.9 Å². The molecule has 0 aromatic carbocycles. The molecule has 2 aliphatic heterocycles. The summed E-state index contributed by atoms with van der Waals surface area (Å²) in [5, 5.41) is 0. The number of rotatable bonds is 3. The molecule has 0 N–H and O–H groups in total. The lowest BCUT2D eigenvalue weighted by molar-refractivity contribution is 0.0260. The van der Waals surface area contributed by atoms with Crippen LogP contribution in [0.15, 0.2) is 12.4 Å². The van der Waals surface area contributed by atoms with Gasteiger partial charge in [-0.3, -0.25) is 9.88 Å². The smallest absolute Gasteiger partial charge is 0.416 e.